The lowest BCUT2D eigenvalue weighted by Gasteiger charge is -2.17. The molecule has 3 rings (SSSR count). The maximum atomic E-state index is 12.9. The van der Waals surface area contributed by atoms with Gasteiger partial charge in [-0.15, -0.1) is 0 Å². The van der Waals surface area contributed by atoms with Gasteiger partial charge in [-0.25, -0.2) is 0 Å². The maximum Gasteiger partial charge on any atom is 0.261 e. The number of hydrogen-bond acceptors (Lipinski definition) is 3. The fourth-order valence-corrected chi connectivity index (χ4v) is 3.08. The van der Waals surface area contributed by atoms with Gasteiger partial charge in [0, 0.05) is 10.0 Å². The van der Waals surface area contributed by atoms with Gasteiger partial charge in [-0.3, -0.25) is 4.79 Å². The normalized spacial score (nSPS) is 12.6. The second kappa shape index (κ2) is 6.31. The number of allylic oxidation sites excluding steroid dienone is 1. The lowest BCUT2D eigenvalue weighted by molar-refractivity contribution is -0.113. The minimum atomic E-state index is -0.318. The van der Waals surface area contributed by atoms with Crippen molar-refractivity contribution in [3.8, 4) is 12.1 Å². The van der Waals surface area contributed by atoms with E-state index in [9.17, 15) is 15.3 Å². The molecule has 1 amide bonds. The first kappa shape index (κ1) is 16.0. The number of fused-ring (bicyclic) bond motifs is 1. The zero-order valence-electron chi connectivity index (χ0n) is 12.9. The van der Waals surface area contributed by atoms with Gasteiger partial charge in [-0.1, -0.05) is 45.8 Å². The molecule has 1 aliphatic heterocycles. The SMILES string of the molecule is Cc1ccc(CN2C(=O)C(=C(C#N)C#N)c3cc(Br)ccc32)cc1. The van der Waals surface area contributed by atoms with Crippen molar-refractivity contribution in [2.45, 2.75) is 13.5 Å². The molecular formula is C19H12BrN3O. The van der Waals surface area contributed by atoms with Crippen LogP contribution in [0.15, 0.2) is 52.5 Å². The largest absolute Gasteiger partial charge is 0.303 e. The summed E-state index contributed by atoms with van der Waals surface area (Å²) in [6, 6.07) is 17.0. The second-order valence-corrected chi connectivity index (χ2v) is 6.43. The molecule has 24 heavy (non-hydrogen) atoms. The smallest absolute Gasteiger partial charge is 0.261 e. The van der Waals surface area contributed by atoms with Gasteiger partial charge in [-0.05, 0) is 30.7 Å². The minimum Gasteiger partial charge on any atom is -0.303 e. The first-order chi connectivity index (χ1) is 11.5. The molecule has 0 saturated heterocycles. The van der Waals surface area contributed by atoms with Crippen LogP contribution in [-0.2, 0) is 11.3 Å². The number of anilines is 1. The van der Waals surface area contributed by atoms with Crippen LogP contribution < -0.4 is 4.90 Å². The van der Waals surface area contributed by atoms with Crippen LogP contribution in [0, 0.1) is 29.6 Å². The monoisotopic (exact) mass is 377 g/mol. The van der Waals surface area contributed by atoms with E-state index in [2.05, 4.69) is 15.9 Å². The Morgan fingerprint density at radius 2 is 1.79 bits per heavy atom. The standard InChI is InChI=1S/C19H12BrN3O/c1-12-2-4-13(5-3-12)11-23-17-7-6-15(20)8-16(17)18(19(23)24)14(9-21)10-22/h2-8H,11H2,1H3. The Morgan fingerprint density at radius 3 is 2.42 bits per heavy atom. The summed E-state index contributed by atoms with van der Waals surface area (Å²) < 4.78 is 0.791. The van der Waals surface area contributed by atoms with Gasteiger partial charge < -0.3 is 4.90 Å². The van der Waals surface area contributed by atoms with E-state index >= 15 is 0 Å². The third-order valence-electron chi connectivity index (χ3n) is 3.91. The number of rotatable bonds is 2. The van der Waals surface area contributed by atoms with E-state index in [1.54, 1.807) is 11.0 Å². The average molecular weight is 378 g/mol. The number of nitriles is 2. The van der Waals surface area contributed by atoms with Crippen molar-refractivity contribution in [1.29, 1.82) is 10.5 Å². The number of nitrogens with zero attached hydrogens (tertiary/aromatic N) is 3. The van der Waals surface area contributed by atoms with E-state index in [1.807, 2.05) is 55.5 Å². The van der Waals surface area contributed by atoms with Crippen LogP contribution in [0.5, 0.6) is 0 Å². The van der Waals surface area contributed by atoms with Gasteiger partial charge in [0.05, 0.1) is 17.8 Å². The Hall–Kier alpha value is -2.89. The summed E-state index contributed by atoms with van der Waals surface area (Å²) in [6.45, 7) is 2.39. The Balaban J connectivity index is 2.12. The first-order valence-electron chi connectivity index (χ1n) is 7.27. The molecule has 1 heterocycles. The minimum absolute atomic E-state index is 0.161. The maximum absolute atomic E-state index is 12.9. The van der Waals surface area contributed by atoms with Crippen molar-refractivity contribution in [2.75, 3.05) is 4.90 Å². The molecule has 4 nitrogen and oxygen atoms in total. The highest BCUT2D eigenvalue weighted by atomic mass is 79.9. The number of benzene rings is 2. The molecule has 0 unspecified atom stereocenters. The average Bonchev–Trinajstić information content (AvgIpc) is 2.83. The zero-order valence-corrected chi connectivity index (χ0v) is 14.5. The fraction of sp³-hybridized carbons (Fsp3) is 0.105. The number of aryl methyl sites for hydroxylation is 1. The molecule has 0 atom stereocenters. The molecule has 0 saturated carbocycles. The summed E-state index contributed by atoms with van der Waals surface area (Å²) in [7, 11) is 0. The Kier molecular flexibility index (Phi) is 4.20. The van der Waals surface area contributed by atoms with Gasteiger partial charge >= 0.3 is 0 Å². The summed E-state index contributed by atoms with van der Waals surface area (Å²) in [5.41, 5.74) is 3.46. The number of hydrogen-bond donors (Lipinski definition) is 0. The van der Waals surface area contributed by atoms with Crippen LogP contribution in [0.4, 0.5) is 5.69 Å². The van der Waals surface area contributed by atoms with Crippen LogP contribution in [0.3, 0.4) is 0 Å². The molecule has 1 aliphatic rings. The molecule has 0 bridgehead atoms. The van der Waals surface area contributed by atoms with Gasteiger partial charge in [0.1, 0.15) is 17.7 Å². The molecule has 5 heteroatoms. The quantitative estimate of drug-likeness (QED) is 0.584. The van der Waals surface area contributed by atoms with Crippen molar-refractivity contribution < 1.29 is 4.79 Å². The highest BCUT2D eigenvalue weighted by Gasteiger charge is 2.35. The number of amides is 1. The molecular weight excluding hydrogens is 366 g/mol. The van der Waals surface area contributed by atoms with Crippen molar-refractivity contribution in [1.82, 2.24) is 0 Å². The molecule has 116 valence electrons. The molecule has 0 N–H and O–H groups in total. The fourth-order valence-electron chi connectivity index (χ4n) is 2.71. The van der Waals surface area contributed by atoms with Crippen LogP contribution in [0.2, 0.25) is 0 Å². The lowest BCUT2D eigenvalue weighted by atomic mass is 10.0. The van der Waals surface area contributed by atoms with E-state index < -0.39 is 0 Å². The van der Waals surface area contributed by atoms with E-state index in [1.165, 1.54) is 0 Å². The van der Waals surface area contributed by atoms with E-state index in [-0.39, 0.29) is 17.1 Å². The summed E-state index contributed by atoms with van der Waals surface area (Å²) in [5.74, 6) is -0.318. The summed E-state index contributed by atoms with van der Waals surface area (Å²) >= 11 is 3.38. The molecule has 0 fully saturated rings. The Morgan fingerprint density at radius 1 is 1.12 bits per heavy atom. The predicted molar refractivity (Wildman–Crippen MR) is 94.7 cm³/mol. The number of carbonyl (C=O) groups excluding carboxylic acids is 1. The van der Waals surface area contributed by atoms with Crippen LogP contribution >= 0.6 is 15.9 Å². The number of halogens is 1. The van der Waals surface area contributed by atoms with Gasteiger partial charge in [-0.2, -0.15) is 10.5 Å². The summed E-state index contributed by atoms with van der Waals surface area (Å²) in [5, 5.41) is 18.4. The third-order valence-corrected chi connectivity index (χ3v) is 4.41. The highest BCUT2D eigenvalue weighted by Crippen LogP contribution is 2.40. The van der Waals surface area contributed by atoms with Crippen molar-refractivity contribution in [2.24, 2.45) is 0 Å². The third kappa shape index (κ3) is 2.71. The predicted octanol–water partition coefficient (Wildman–Crippen LogP) is 4.11. The van der Waals surface area contributed by atoms with Crippen LogP contribution in [0.25, 0.3) is 5.57 Å². The van der Waals surface area contributed by atoms with Crippen molar-refractivity contribution in [3.05, 3.63) is 69.2 Å². The van der Waals surface area contributed by atoms with Gasteiger partial charge in [0.2, 0.25) is 0 Å². The van der Waals surface area contributed by atoms with Crippen molar-refractivity contribution >= 4 is 33.1 Å². The van der Waals surface area contributed by atoms with E-state index in [0.29, 0.717) is 17.8 Å². The summed E-state index contributed by atoms with van der Waals surface area (Å²) in [6.07, 6.45) is 0. The highest BCUT2D eigenvalue weighted by molar-refractivity contribution is 9.10. The van der Waals surface area contributed by atoms with E-state index in [4.69, 9.17) is 0 Å². The summed E-state index contributed by atoms with van der Waals surface area (Å²) in [4.78, 5) is 14.5. The van der Waals surface area contributed by atoms with E-state index in [0.717, 1.165) is 15.6 Å². The molecule has 2 aromatic rings. The van der Waals surface area contributed by atoms with Crippen LogP contribution in [-0.4, -0.2) is 5.91 Å². The molecule has 0 aliphatic carbocycles. The zero-order chi connectivity index (χ0) is 17.3. The van der Waals surface area contributed by atoms with Crippen LogP contribution in [0.1, 0.15) is 16.7 Å². The Labute approximate surface area is 148 Å². The number of carbonyl (C=O) groups is 1. The Bertz CT molecular complexity index is 930. The van der Waals surface area contributed by atoms with Crippen molar-refractivity contribution in [3.63, 3.8) is 0 Å². The molecule has 0 spiro atoms. The second-order valence-electron chi connectivity index (χ2n) is 5.51. The molecule has 2 aromatic carbocycles. The topological polar surface area (TPSA) is 67.9 Å². The first-order valence-corrected chi connectivity index (χ1v) is 8.06. The van der Waals surface area contributed by atoms with Gasteiger partial charge in [0.25, 0.3) is 5.91 Å². The molecule has 0 aromatic heterocycles. The lowest BCUT2D eigenvalue weighted by Crippen LogP contribution is -2.26. The van der Waals surface area contributed by atoms with Gasteiger partial charge in [0.15, 0.2) is 0 Å². The molecule has 0 radical (unpaired) electrons.